The third-order valence-corrected chi connectivity index (χ3v) is 14.1. The molecule has 5 fully saturated rings. The molecule has 4 nitrogen and oxygen atoms in total. The van der Waals surface area contributed by atoms with E-state index in [9.17, 15) is 15.0 Å². The minimum absolute atomic E-state index is 0.0497. The second-order valence-corrected chi connectivity index (χ2v) is 16.1. The second-order valence-electron chi connectivity index (χ2n) is 16.1. The van der Waals surface area contributed by atoms with E-state index in [2.05, 4.69) is 41.5 Å². The molecule has 0 bridgehead atoms. The van der Waals surface area contributed by atoms with E-state index in [1.165, 1.54) is 32.1 Å². The quantitative estimate of drug-likeness (QED) is 0.451. The minimum atomic E-state index is -1.20. The number of fused-ring (bicyclic) bond motifs is 5. The number of aliphatic hydroxyl groups is 2. The Hall–Kier alpha value is -0.450. The monoisotopic (exact) mass is 502 g/mol. The van der Waals surface area contributed by atoms with Gasteiger partial charge >= 0.3 is 0 Å². The lowest BCUT2D eigenvalue weighted by Gasteiger charge is -2.71. The Balaban J connectivity index is 1.45. The third kappa shape index (κ3) is 3.25. The first kappa shape index (κ1) is 27.1. The Bertz CT molecular complexity index is 920. The molecule has 0 unspecified atom stereocenters. The first-order valence-corrected chi connectivity index (χ1v) is 15.0. The molecule has 2 N–H and O–H groups in total. The number of rotatable bonds is 3. The highest BCUT2D eigenvalue weighted by Gasteiger charge is 2.71. The molecule has 5 rings (SSSR count). The summed E-state index contributed by atoms with van der Waals surface area (Å²) in [5, 5.41) is 22.2. The SMILES string of the molecule is CC(=O)[C@]1(O)CC[C@]2(C)[C@H]3CC[C@@H]4[C@@H]([C@]5(C)CC[C@H](C(C)(C)O)O5)CC[C@@]4(C)[C@]3(C)CC[C@H]2C1(C)C. The summed E-state index contributed by atoms with van der Waals surface area (Å²) < 4.78 is 6.73. The Morgan fingerprint density at radius 3 is 2.00 bits per heavy atom. The van der Waals surface area contributed by atoms with Crippen molar-refractivity contribution >= 4 is 5.78 Å². The van der Waals surface area contributed by atoms with Crippen LogP contribution in [0.5, 0.6) is 0 Å². The van der Waals surface area contributed by atoms with Crippen molar-refractivity contribution in [2.45, 2.75) is 149 Å². The molecule has 4 aliphatic carbocycles. The van der Waals surface area contributed by atoms with Crippen LogP contribution in [0, 0.1) is 45.3 Å². The molecule has 0 radical (unpaired) electrons. The standard InChI is InChI=1S/C32H54O4/c1-20(33)32(35)19-18-28(6)23(26(32,2)3)13-16-30(8)24(28)11-10-21-22(12-15-29(21,30)7)31(9)17-14-25(36-31)27(4,5)34/h21-25,34-35H,10-19H2,1-9H3/t21-,22+,23+,24-,25-,28+,29-,30-,31+,32-/m1/s1. The highest BCUT2D eigenvalue weighted by molar-refractivity contribution is 5.86. The lowest BCUT2D eigenvalue weighted by atomic mass is 9.34. The molecule has 1 heterocycles. The van der Waals surface area contributed by atoms with Crippen molar-refractivity contribution in [2.75, 3.05) is 0 Å². The van der Waals surface area contributed by atoms with Crippen molar-refractivity contribution < 1.29 is 19.7 Å². The summed E-state index contributed by atoms with van der Waals surface area (Å²) in [6, 6.07) is 0. The molecule has 1 aliphatic heterocycles. The highest BCUT2D eigenvalue weighted by Crippen LogP contribution is 2.76. The molecule has 10 atom stereocenters. The highest BCUT2D eigenvalue weighted by atomic mass is 16.5. The summed E-state index contributed by atoms with van der Waals surface area (Å²) in [6.45, 7) is 19.8. The third-order valence-electron chi connectivity index (χ3n) is 14.1. The summed E-state index contributed by atoms with van der Waals surface area (Å²) >= 11 is 0. The van der Waals surface area contributed by atoms with Crippen molar-refractivity contribution in [1.29, 1.82) is 0 Å². The van der Waals surface area contributed by atoms with E-state index in [1.807, 2.05) is 13.8 Å². The van der Waals surface area contributed by atoms with Gasteiger partial charge in [-0.2, -0.15) is 0 Å². The zero-order valence-electron chi connectivity index (χ0n) is 24.7. The van der Waals surface area contributed by atoms with Crippen LogP contribution >= 0.6 is 0 Å². The van der Waals surface area contributed by atoms with Gasteiger partial charge in [-0.3, -0.25) is 4.79 Å². The van der Waals surface area contributed by atoms with Crippen LogP contribution in [0.2, 0.25) is 0 Å². The van der Waals surface area contributed by atoms with E-state index in [1.54, 1.807) is 6.92 Å². The van der Waals surface area contributed by atoms with Gasteiger partial charge in [0.1, 0.15) is 5.60 Å². The second kappa shape index (κ2) is 7.81. The Morgan fingerprint density at radius 2 is 1.42 bits per heavy atom. The van der Waals surface area contributed by atoms with E-state index in [0.717, 1.165) is 25.7 Å². The number of ether oxygens (including phenoxy) is 1. The number of Topliss-reactive ketones (excluding diaryl/α,β-unsaturated/α-hetero) is 1. The zero-order chi connectivity index (χ0) is 26.7. The molecule has 4 saturated carbocycles. The number of carbonyl (C=O) groups is 1. The smallest absolute Gasteiger partial charge is 0.161 e. The fourth-order valence-corrected chi connectivity index (χ4v) is 11.7. The Kier molecular flexibility index (Phi) is 5.89. The average molecular weight is 503 g/mol. The summed E-state index contributed by atoms with van der Waals surface area (Å²) in [5.74, 6) is 2.16. The first-order valence-electron chi connectivity index (χ1n) is 15.0. The predicted octanol–water partition coefficient (Wildman–Crippen LogP) is 6.70. The number of carbonyl (C=O) groups excluding carboxylic acids is 1. The average Bonchev–Trinajstić information content (AvgIpc) is 3.33. The predicted molar refractivity (Wildman–Crippen MR) is 143 cm³/mol. The maximum atomic E-state index is 12.7. The van der Waals surface area contributed by atoms with Gasteiger partial charge in [-0.15, -0.1) is 0 Å². The summed E-state index contributed by atoms with van der Waals surface area (Å²) in [4.78, 5) is 12.7. The fraction of sp³-hybridized carbons (Fsp3) is 0.969. The molecule has 206 valence electrons. The van der Waals surface area contributed by atoms with Crippen molar-refractivity contribution in [1.82, 2.24) is 0 Å². The van der Waals surface area contributed by atoms with E-state index in [0.29, 0.717) is 30.1 Å². The lowest BCUT2D eigenvalue weighted by molar-refractivity contribution is -0.245. The minimum Gasteiger partial charge on any atom is -0.388 e. The molecular weight excluding hydrogens is 448 g/mol. The largest absolute Gasteiger partial charge is 0.388 e. The van der Waals surface area contributed by atoms with Crippen LogP contribution in [0.3, 0.4) is 0 Å². The van der Waals surface area contributed by atoms with Gasteiger partial charge in [0.05, 0.1) is 17.3 Å². The summed E-state index contributed by atoms with van der Waals surface area (Å²) in [5.41, 5.74) is -1.82. The topological polar surface area (TPSA) is 66.8 Å². The van der Waals surface area contributed by atoms with Crippen LogP contribution in [0.4, 0.5) is 0 Å². The number of ketones is 1. The maximum Gasteiger partial charge on any atom is 0.161 e. The summed E-state index contributed by atoms with van der Waals surface area (Å²) in [6.07, 6.45) is 10.8. The van der Waals surface area contributed by atoms with Gasteiger partial charge in [0.25, 0.3) is 0 Å². The number of hydrogen-bond acceptors (Lipinski definition) is 4. The molecule has 36 heavy (non-hydrogen) atoms. The molecule has 0 amide bonds. The molecule has 5 aliphatic rings. The van der Waals surface area contributed by atoms with Gasteiger partial charge in [-0.05, 0) is 132 Å². The van der Waals surface area contributed by atoms with E-state index >= 15 is 0 Å². The maximum absolute atomic E-state index is 12.7. The molecule has 0 spiro atoms. The van der Waals surface area contributed by atoms with Gasteiger partial charge in [0.15, 0.2) is 5.78 Å². The Morgan fingerprint density at radius 1 is 0.778 bits per heavy atom. The van der Waals surface area contributed by atoms with Crippen molar-refractivity contribution in [3.63, 3.8) is 0 Å². The van der Waals surface area contributed by atoms with E-state index in [-0.39, 0.29) is 33.7 Å². The summed E-state index contributed by atoms with van der Waals surface area (Å²) in [7, 11) is 0. The number of hydrogen-bond donors (Lipinski definition) is 2. The van der Waals surface area contributed by atoms with Crippen LogP contribution in [0.25, 0.3) is 0 Å². The lowest BCUT2D eigenvalue weighted by Crippen LogP contribution is -2.68. The molecule has 0 aromatic carbocycles. The molecule has 0 aromatic heterocycles. The Labute approximate surface area is 220 Å². The van der Waals surface area contributed by atoms with Crippen molar-refractivity contribution in [3.8, 4) is 0 Å². The van der Waals surface area contributed by atoms with Gasteiger partial charge in [-0.25, -0.2) is 0 Å². The first-order chi connectivity index (χ1) is 16.4. The van der Waals surface area contributed by atoms with Crippen LogP contribution in [0.1, 0.15) is 127 Å². The molecule has 4 heteroatoms. The molecular formula is C32H54O4. The van der Waals surface area contributed by atoms with Crippen LogP contribution in [-0.4, -0.2) is 38.9 Å². The van der Waals surface area contributed by atoms with Crippen LogP contribution < -0.4 is 0 Å². The van der Waals surface area contributed by atoms with E-state index in [4.69, 9.17) is 4.74 Å². The van der Waals surface area contributed by atoms with Crippen LogP contribution in [-0.2, 0) is 9.53 Å². The van der Waals surface area contributed by atoms with Gasteiger partial charge in [-0.1, -0.05) is 34.6 Å². The van der Waals surface area contributed by atoms with Crippen molar-refractivity contribution in [2.24, 2.45) is 45.3 Å². The van der Waals surface area contributed by atoms with E-state index < -0.39 is 16.6 Å². The van der Waals surface area contributed by atoms with Gasteiger partial charge in [0, 0.05) is 5.41 Å². The molecule has 1 saturated heterocycles. The zero-order valence-corrected chi connectivity index (χ0v) is 24.7. The normalized spacial score (nSPS) is 54.5. The fourth-order valence-electron chi connectivity index (χ4n) is 11.7. The molecule has 0 aromatic rings. The van der Waals surface area contributed by atoms with Crippen molar-refractivity contribution in [3.05, 3.63) is 0 Å². The van der Waals surface area contributed by atoms with Gasteiger partial charge < -0.3 is 14.9 Å². The van der Waals surface area contributed by atoms with Crippen LogP contribution in [0.15, 0.2) is 0 Å². The van der Waals surface area contributed by atoms with Gasteiger partial charge in [0.2, 0.25) is 0 Å².